The van der Waals surface area contributed by atoms with Crippen LogP contribution < -0.4 is 10.6 Å². The summed E-state index contributed by atoms with van der Waals surface area (Å²) in [6, 6.07) is 7.78. The highest BCUT2D eigenvalue weighted by Gasteiger charge is 2.48. The van der Waals surface area contributed by atoms with Crippen LogP contribution in [-0.2, 0) is 32.3 Å². The normalized spacial score (nSPS) is 24.6. The van der Waals surface area contributed by atoms with Crippen LogP contribution in [0.5, 0.6) is 0 Å². The number of imide groups is 1. The molecule has 0 bridgehead atoms. The van der Waals surface area contributed by atoms with E-state index in [0.717, 1.165) is 22.5 Å². The summed E-state index contributed by atoms with van der Waals surface area (Å²) in [7, 11) is -2.73. The van der Waals surface area contributed by atoms with Crippen molar-refractivity contribution in [2.24, 2.45) is 4.36 Å². The summed E-state index contributed by atoms with van der Waals surface area (Å²) < 4.78 is 19.1. The number of nitrogens with zero attached hydrogens (tertiary/aromatic N) is 3. The zero-order valence-electron chi connectivity index (χ0n) is 19.1. The molecule has 2 aliphatic heterocycles. The van der Waals surface area contributed by atoms with Gasteiger partial charge in [-0.2, -0.15) is 9.46 Å². The molecule has 0 saturated carbocycles. The van der Waals surface area contributed by atoms with Crippen LogP contribution in [0, 0.1) is 20.8 Å². The number of aryl methyl sites for hydroxylation is 2. The molecular weight excluding hydrogens is 442 g/mol. The fourth-order valence-corrected chi connectivity index (χ4v) is 6.63. The predicted octanol–water partition coefficient (Wildman–Crippen LogP) is 2.16. The van der Waals surface area contributed by atoms with E-state index in [0.29, 0.717) is 13.0 Å². The van der Waals surface area contributed by atoms with E-state index in [1.54, 1.807) is 0 Å². The van der Waals surface area contributed by atoms with Crippen LogP contribution in [0.25, 0.3) is 0 Å². The third-order valence-corrected chi connectivity index (χ3v) is 8.77. The summed E-state index contributed by atoms with van der Waals surface area (Å²) in [5.41, 5.74) is 4.23. The standard InChI is InChI=1S/C23H29N5O4S/c1-15-4-6-18(7-5-15)14-28-17(3)19(16(2)26-28)8-9-20(29)27-33(32)12-10-23(11-13-33)21(30)24-22(31)25-23/h4-7H,8-14H2,1-3H3,(H2,24,25,30,31). The molecule has 2 saturated heterocycles. The first-order valence-electron chi connectivity index (χ1n) is 11.1. The van der Waals surface area contributed by atoms with Gasteiger partial charge >= 0.3 is 6.03 Å². The zero-order chi connectivity index (χ0) is 23.8. The van der Waals surface area contributed by atoms with Crippen LogP contribution in [0.4, 0.5) is 4.79 Å². The second kappa shape index (κ2) is 8.74. The Morgan fingerprint density at radius 1 is 1.15 bits per heavy atom. The Morgan fingerprint density at radius 3 is 2.42 bits per heavy atom. The van der Waals surface area contributed by atoms with Gasteiger partial charge in [0, 0.05) is 23.6 Å². The van der Waals surface area contributed by atoms with Crippen molar-refractivity contribution in [2.75, 3.05) is 11.5 Å². The molecule has 33 heavy (non-hydrogen) atoms. The highest BCUT2D eigenvalue weighted by atomic mass is 32.2. The number of hydrogen-bond donors (Lipinski definition) is 2. The van der Waals surface area contributed by atoms with Gasteiger partial charge in [-0.05, 0) is 51.2 Å². The molecule has 0 atom stereocenters. The second-order valence-corrected chi connectivity index (χ2v) is 11.5. The molecule has 3 heterocycles. The molecule has 1 spiro atoms. The number of rotatable bonds is 5. The number of amides is 4. The van der Waals surface area contributed by atoms with E-state index < -0.39 is 33.1 Å². The van der Waals surface area contributed by atoms with E-state index in [-0.39, 0.29) is 30.8 Å². The summed E-state index contributed by atoms with van der Waals surface area (Å²) in [6.45, 7) is 6.63. The van der Waals surface area contributed by atoms with Gasteiger partial charge in [-0.1, -0.05) is 29.8 Å². The maximum absolute atomic E-state index is 13.1. The van der Waals surface area contributed by atoms with Crippen molar-refractivity contribution >= 4 is 27.6 Å². The zero-order valence-corrected chi connectivity index (χ0v) is 20.0. The van der Waals surface area contributed by atoms with Crippen molar-refractivity contribution in [3.8, 4) is 0 Å². The molecule has 2 N–H and O–H groups in total. The quantitative estimate of drug-likeness (QED) is 0.647. The molecule has 4 rings (SSSR count). The Morgan fingerprint density at radius 2 is 1.82 bits per heavy atom. The Hall–Kier alpha value is -3.01. The largest absolute Gasteiger partial charge is 0.323 e. The van der Waals surface area contributed by atoms with Crippen LogP contribution in [-0.4, -0.2) is 48.9 Å². The number of aromatic nitrogens is 2. The smallest absolute Gasteiger partial charge is 0.322 e. The van der Waals surface area contributed by atoms with Gasteiger partial charge in [0.2, 0.25) is 0 Å². The van der Waals surface area contributed by atoms with Crippen LogP contribution in [0.15, 0.2) is 28.6 Å². The minimum atomic E-state index is -2.73. The molecule has 2 fully saturated rings. The van der Waals surface area contributed by atoms with Gasteiger partial charge in [0.15, 0.2) is 0 Å². The van der Waals surface area contributed by atoms with E-state index in [1.807, 2.05) is 18.5 Å². The van der Waals surface area contributed by atoms with Gasteiger partial charge in [-0.25, -0.2) is 9.00 Å². The lowest BCUT2D eigenvalue weighted by Gasteiger charge is -2.31. The first-order valence-corrected chi connectivity index (χ1v) is 12.9. The fourth-order valence-electron chi connectivity index (χ4n) is 4.45. The monoisotopic (exact) mass is 471 g/mol. The van der Waals surface area contributed by atoms with Gasteiger partial charge in [0.05, 0.1) is 22.0 Å². The number of nitrogens with one attached hydrogen (secondary N) is 2. The van der Waals surface area contributed by atoms with Crippen LogP contribution in [0.3, 0.4) is 0 Å². The molecule has 176 valence electrons. The average molecular weight is 472 g/mol. The van der Waals surface area contributed by atoms with Crippen molar-refractivity contribution in [2.45, 2.75) is 58.5 Å². The number of hydrogen-bond acceptors (Lipinski definition) is 5. The topological polar surface area (TPSA) is 123 Å². The summed E-state index contributed by atoms with van der Waals surface area (Å²) in [6.07, 6.45) is 1.05. The molecule has 2 aliphatic rings. The Balaban J connectivity index is 1.39. The van der Waals surface area contributed by atoms with E-state index in [2.05, 4.69) is 51.3 Å². The Kier molecular flexibility index (Phi) is 6.13. The second-order valence-electron chi connectivity index (χ2n) is 8.95. The molecule has 0 unspecified atom stereocenters. The van der Waals surface area contributed by atoms with Crippen LogP contribution in [0.1, 0.15) is 47.3 Å². The number of benzene rings is 1. The molecule has 1 aromatic carbocycles. The molecule has 1 aromatic heterocycles. The summed E-state index contributed by atoms with van der Waals surface area (Å²) in [5.74, 6) is -0.576. The van der Waals surface area contributed by atoms with Crippen molar-refractivity contribution in [3.05, 3.63) is 52.3 Å². The lowest BCUT2D eigenvalue weighted by Crippen LogP contribution is -2.52. The average Bonchev–Trinajstić information content (AvgIpc) is 3.19. The molecule has 10 heteroatoms. The first-order chi connectivity index (χ1) is 15.6. The molecule has 0 aliphatic carbocycles. The number of carbonyl (C=O) groups is 3. The molecular formula is C23H29N5O4S. The maximum atomic E-state index is 13.1. The van der Waals surface area contributed by atoms with Gasteiger partial charge in [-0.3, -0.25) is 19.6 Å². The van der Waals surface area contributed by atoms with Crippen molar-refractivity contribution < 1.29 is 18.6 Å². The minimum Gasteiger partial charge on any atom is -0.323 e. The third-order valence-electron chi connectivity index (χ3n) is 6.55. The number of urea groups is 1. The highest BCUT2D eigenvalue weighted by molar-refractivity contribution is 7.93. The SMILES string of the molecule is Cc1ccc(Cn2nc(C)c(CCC(=O)N=S3(=O)CCC4(CC3)NC(=O)NC4=O)c2C)cc1. The third kappa shape index (κ3) is 4.85. The van der Waals surface area contributed by atoms with Crippen molar-refractivity contribution in [1.82, 2.24) is 20.4 Å². The first kappa shape index (κ1) is 23.2. The van der Waals surface area contributed by atoms with Crippen molar-refractivity contribution in [3.63, 3.8) is 0 Å². The lowest BCUT2D eigenvalue weighted by atomic mass is 9.93. The molecule has 4 amide bonds. The summed E-state index contributed by atoms with van der Waals surface area (Å²) in [5, 5.41) is 9.49. The van der Waals surface area contributed by atoms with Gasteiger partial charge in [0.1, 0.15) is 5.54 Å². The van der Waals surface area contributed by atoms with Crippen molar-refractivity contribution in [1.29, 1.82) is 0 Å². The van der Waals surface area contributed by atoms with Crippen LogP contribution >= 0.6 is 0 Å². The van der Waals surface area contributed by atoms with E-state index in [9.17, 15) is 18.6 Å². The lowest BCUT2D eigenvalue weighted by molar-refractivity contribution is -0.124. The molecule has 0 radical (unpaired) electrons. The van der Waals surface area contributed by atoms with Gasteiger partial charge in [0.25, 0.3) is 11.8 Å². The Bertz CT molecular complexity index is 1220. The molecule has 2 aromatic rings. The minimum absolute atomic E-state index is 0.110. The summed E-state index contributed by atoms with van der Waals surface area (Å²) >= 11 is 0. The molecule has 9 nitrogen and oxygen atoms in total. The number of carbonyl (C=O) groups excluding carboxylic acids is 3. The fraction of sp³-hybridized carbons (Fsp3) is 0.478. The van der Waals surface area contributed by atoms with Crippen LogP contribution in [0.2, 0.25) is 0 Å². The predicted molar refractivity (Wildman–Crippen MR) is 124 cm³/mol. The maximum Gasteiger partial charge on any atom is 0.322 e. The van der Waals surface area contributed by atoms with E-state index in [4.69, 9.17) is 0 Å². The van der Waals surface area contributed by atoms with E-state index in [1.165, 1.54) is 5.56 Å². The van der Waals surface area contributed by atoms with Gasteiger partial charge in [-0.15, -0.1) is 0 Å². The highest BCUT2D eigenvalue weighted by Crippen LogP contribution is 2.28. The van der Waals surface area contributed by atoms with Gasteiger partial charge < -0.3 is 5.32 Å². The summed E-state index contributed by atoms with van der Waals surface area (Å²) in [4.78, 5) is 36.1. The van der Waals surface area contributed by atoms with E-state index >= 15 is 0 Å². The Labute approximate surface area is 193 Å².